The van der Waals surface area contributed by atoms with Crippen LogP contribution in [0.4, 0.5) is 0 Å². The first-order valence-corrected chi connectivity index (χ1v) is 38.2. The highest BCUT2D eigenvalue weighted by Gasteiger charge is 2.68. The summed E-state index contributed by atoms with van der Waals surface area (Å²) in [7, 11) is 0. The summed E-state index contributed by atoms with van der Waals surface area (Å²) in [5.41, 5.74) is 0. The summed E-state index contributed by atoms with van der Waals surface area (Å²) in [6, 6.07) is -2.46. The Balaban J connectivity index is 1.64. The number of carbonyl (C=O) groups excluding carboxylic acids is 18. The van der Waals surface area contributed by atoms with E-state index >= 15 is 0 Å². The lowest BCUT2D eigenvalue weighted by atomic mass is 9.91. The zero-order valence-electron chi connectivity index (χ0n) is 70.9. The highest BCUT2D eigenvalue weighted by molar-refractivity contribution is 5.74. The van der Waals surface area contributed by atoms with Gasteiger partial charge >= 0.3 is 101 Å². The fraction of sp³-hybridized carbons (Fsp3) is 0.733. The molecular formula is C75H103NO48. The van der Waals surface area contributed by atoms with Gasteiger partial charge in [0.2, 0.25) is 5.91 Å². The normalized spacial score (nSPS) is 33.8. The average molecular weight is 1790 g/mol. The maximum Gasteiger partial charge on any atom is 0.305 e. The summed E-state index contributed by atoms with van der Waals surface area (Å²) < 4.78 is 173. The van der Waals surface area contributed by atoms with E-state index in [1.165, 1.54) is 13.0 Å². The Morgan fingerprint density at radius 3 is 0.952 bits per heavy atom. The van der Waals surface area contributed by atoms with Gasteiger partial charge in [0.25, 0.3) is 5.79 Å². The summed E-state index contributed by atoms with van der Waals surface area (Å²) >= 11 is 0. The first kappa shape index (κ1) is 102. The second kappa shape index (κ2) is 46.6. The number of hydrogen-bond donors (Lipinski definition) is 2. The first-order valence-electron chi connectivity index (χ1n) is 38.2. The molecule has 696 valence electrons. The third kappa shape index (κ3) is 29.1. The molecule has 6 aliphatic heterocycles. The number of amides is 1. The van der Waals surface area contributed by atoms with E-state index in [0.29, 0.717) is 6.92 Å². The molecule has 6 aliphatic rings. The minimum absolute atomic E-state index is 0.310. The zero-order chi connectivity index (χ0) is 92.8. The molecule has 0 aliphatic carbocycles. The molecule has 1 amide bonds. The van der Waals surface area contributed by atoms with Crippen LogP contribution in [0, 0.1) is 0 Å². The molecular weight excluding hydrogens is 1680 g/mol. The van der Waals surface area contributed by atoms with Crippen molar-refractivity contribution in [2.45, 2.75) is 315 Å². The molecule has 12 unspecified atom stereocenters. The van der Waals surface area contributed by atoms with E-state index in [1.54, 1.807) is 0 Å². The molecule has 0 aromatic carbocycles. The Labute approximate surface area is 707 Å². The van der Waals surface area contributed by atoms with Crippen LogP contribution in [0.5, 0.6) is 0 Å². The highest BCUT2D eigenvalue weighted by atomic mass is 16.9. The number of hydrogen-bond acceptors (Lipinski definition) is 48. The molecule has 124 heavy (non-hydrogen) atoms. The predicted octanol–water partition coefficient (Wildman–Crippen LogP) is -2.70. The van der Waals surface area contributed by atoms with Crippen LogP contribution < -0.4 is 5.32 Å². The van der Waals surface area contributed by atoms with Crippen molar-refractivity contribution < 1.29 is 229 Å². The number of aliphatic hydroxyl groups excluding tert-OH is 1. The Kier molecular flexibility index (Phi) is 38.5. The molecule has 0 saturated carbocycles. The molecule has 6 saturated heterocycles. The number of aliphatic hydroxyl groups is 1. The van der Waals surface area contributed by atoms with Gasteiger partial charge in [0.1, 0.15) is 87.9 Å². The second-order valence-electron chi connectivity index (χ2n) is 28.3. The number of rotatable bonds is 36. The van der Waals surface area contributed by atoms with Crippen molar-refractivity contribution in [3.8, 4) is 0 Å². The van der Waals surface area contributed by atoms with Crippen LogP contribution in [0.1, 0.15) is 132 Å². The fourth-order valence-corrected chi connectivity index (χ4v) is 13.9. The fourth-order valence-electron chi connectivity index (χ4n) is 13.9. The van der Waals surface area contributed by atoms with Gasteiger partial charge in [-0.15, -0.1) is 6.58 Å². The summed E-state index contributed by atoms with van der Waals surface area (Å²) in [4.78, 5) is 239. The monoisotopic (exact) mass is 1790 g/mol. The molecule has 49 heteroatoms. The maximum atomic E-state index is 14.1. The van der Waals surface area contributed by atoms with E-state index in [1.807, 2.05) is 0 Å². The third-order valence-electron chi connectivity index (χ3n) is 18.0. The molecule has 0 spiro atoms. The van der Waals surface area contributed by atoms with E-state index in [2.05, 4.69) is 11.9 Å². The summed E-state index contributed by atoms with van der Waals surface area (Å²) in [6.07, 6.45) is -58.8. The minimum atomic E-state index is -3.54. The zero-order valence-corrected chi connectivity index (χ0v) is 70.9. The van der Waals surface area contributed by atoms with E-state index in [-0.39, 0.29) is 6.61 Å². The summed E-state index contributed by atoms with van der Waals surface area (Å²) in [6.45, 7) is 15.1. The van der Waals surface area contributed by atoms with E-state index in [9.17, 15) is 91.4 Å². The van der Waals surface area contributed by atoms with Crippen LogP contribution in [-0.2, 0) is 224 Å². The Morgan fingerprint density at radius 2 is 0.589 bits per heavy atom. The van der Waals surface area contributed by atoms with Crippen molar-refractivity contribution >= 4 is 107 Å². The predicted molar refractivity (Wildman–Crippen MR) is 387 cm³/mol. The van der Waals surface area contributed by atoms with Crippen molar-refractivity contribution in [2.24, 2.45) is 0 Å². The molecule has 2 N–H and O–H groups in total. The molecule has 6 rings (SSSR count). The van der Waals surface area contributed by atoms with Crippen LogP contribution in [-0.4, -0.2) is 336 Å². The van der Waals surface area contributed by atoms with Crippen LogP contribution >= 0.6 is 0 Å². The Morgan fingerprint density at radius 1 is 0.306 bits per heavy atom. The molecule has 30 atom stereocenters. The highest BCUT2D eigenvalue weighted by Crippen LogP contribution is 2.45. The second-order valence-corrected chi connectivity index (χ2v) is 28.3. The lowest BCUT2D eigenvalue weighted by molar-refractivity contribution is -0.444. The largest absolute Gasteiger partial charge is 0.463 e. The Bertz CT molecular complexity index is 3840. The van der Waals surface area contributed by atoms with Crippen molar-refractivity contribution in [2.75, 3.05) is 39.6 Å². The number of ether oxygens (including phenoxy) is 29. The quantitative estimate of drug-likeness (QED) is 0.0279. The van der Waals surface area contributed by atoms with E-state index in [0.717, 1.165) is 118 Å². The van der Waals surface area contributed by atoms with Gasteiger partial charge in [0.15, 0.2) is 117 Å². The number of nitrogens with one attached hydrogen (secondary N) is 1. The average Bonchev–Trinajstić information content (AvgIpc) is 0.724. The lowest BCUT2D eigenvalue weighted by Gasteiger charge is -2.54. The van der Waals surface area contributed by atoms with Crippen LogP contribution in [0.3, 0.4) is 0 Å². The molecule has 0 bridgehead atoms. The van der Waals surface area contributed by atoms with Gasteiger partial charge in [0, 0.05) is 125 Å². The van der Waals surface area contributed by atoms with Crippen LogP contribution in [0.25, 0.3) is 0 Å². The SMILES string of the molecule is C=CCO[C@@H]1OC(COC(C)=O)[C@@H](O[C@@H]2OC(COC(C)=O)[C@H](O[C@H]3OC(COC(C)=O)[C@H](OC(C)=O)[C@H](O[C@@H]4OC(COC(C)=O)[C@@](OC(C)=O)(O[C@@H]5OC(COC(C)=O)[C@H](OC(C)=O)[C@H](OC(C)=O)C5OC5O[C@@H](C)[C@H](OC(C)=O)C(OC(C)=O)[C@@H]5OC(C)=O)[C@H](O)C4NC(C)=O)C3OC(C)=O)[C@H](OC(C)=O)C2OC(C)=O)[C@H](OC(C)=O)C1OC(C)=O. The van der Waals surface area contributed by atoms with Gasteiger partial charge in [0.05, 0.1) is 12.7 Å². The minimum Gasteiger partial charge on any atom is -0.463 e. The number of esters is 17. The van der Waals surface area contributed by atoms with Gasteiger partial charge in [-0.05, 0) is 6.92 Å². The van der Waals surface area contributed by atoms with Crippen molar-refractivity contribution in [1.29, 1.82) is 0 Å². The number of carbonyl (C=O) groups is 18. The smallest absolute Gasteiger partial charge is 0.305 e. The maximum absolute atomic E-state index is 14.1. The molecule has 0 aromatic rings. The summed E-state index contributed by atoms with van der Waals surface area (Å²) in [5, 5.41) is 15.9. The standard InChI is InChI=1S/C75H103NO48/c1-21-22-96-70-63(110-42(16)90)60(108-40(14)88)56(49(114-70)25-99-32(6)80)119-72-65(112-44(18)92)61(109-41(15)89)57(50(116-72)26-100-33(7)81)120-73-66(113-45(19)93)62(55(105-37(11)85)47(115-73)23-97-30(4)78)121-69-52(76-29(3)77)68(95)75(123-46(20)94,51(118-69)27-101-34(8)82)124-74-67(59(107-39(13)87)54(104-36(10)84)48(117-74)24-98-31(5)79)122-71-64(111-43(17)91)58(106-38(12)86)53(28(2)102-71)103-35(9)83/h21,28,47-74,95H,1,22-27H2,2-20H3,(H,76,77)/t28-,47?,48?,49?,50?,51?,52?,53-,54-,55-,56+,57-,58?,59-,60-,61-,62-,63?,64-,65?,66?,67?,68+,69-,70+,71?,72-,73+,74-,75+/m0/s1. The van der Waals surface area contributed by atoms with Gasteiger partial charge in [-0.25, -0.2) is 0 Å². The first-order chi connectivity index (χ1) is 58.0. The van der Waals surface area contributed by atoms with Gasteiger partial charge in [-0.3, -0.25) is 86.3 Å². The van der Waals surface area contributed by atoms with Crippen molar-refractivity contribution in [3.05, 3.63) is 12.7 Å². The van der Waals surface area contributed by atoms with Crippen LogP contribution in [0.15, 0.2) is 12.7 Å². The molecule has 6 heterocycles. The van der Waals surface area contributed by atoms with Gasteiger partial charge in [-0.1, -0.05) is 6.08 Å². The molecule has 49 nitrogen and oxygen atoms in total. The van der Waals surface area contributed by atoms with Gasteiger partial charge < -0.3 is 148 Å². The van der Waals surface area contributed by atoms with Crippen molar-refractivity contribution in [3.63, 3.8) is 0 Å². The van der Waals surface area contributed by atoms with Crippen LogP contribution in [0.2, 0.25) is 0 Å². The third-order valence-corrected chi connectivity index (χ3v) is 18.0. The summed E-state index contributed by atoms with van der Waals surface area (Å²) in [5.74, 6) is -24.2. The lowest BCUT2D eigenvalue weighted by Crippen LogP contribution is -2.76. The molecule has 0 radical (unpaired) electrons. The molecule has 0 aromatic heterocycles. The van der Waals surface area contributed by atoms with Crippen molar-refractivity contribution in [1.82, 2.24) is 5.32 Å². The van der Waals surface area contributed by atoms with Gasteiger partial charge in [-0.2, -0.15) is 0 Å². The topological polar surface area (TPSA) is 607 Å². The molecule has 6 fully saturated rings. The van der Waals surface area contributed by atoms with E-state index < -0.39 is 324 Å². The van der Waals surface area contributed by atoms with E-state index in [4.69, 9.17) is 137 Å². The Hall–Kier alpha value is -10.3.